The average Bonchev–Trinajstić information content (AvgIpc) is 3.80. The number of ketones is 1. The van der Waals surface area contributed by atoms with E-state index in [1.165, 1.54) is 23.0 Å². The van der Waals surface area contributed by atoms with Gasteiger partial charge in [-0.25, -0.2) is 9.18 Å². The van der Waals surface area contributed by atoms with Crippen LogP contribution in [0.3, 0.4) is 0 Å². The van der Waals surface area contributed by atoms with Gasteiger partial charge >= 0.3 is 5.97 Å². The zero-order chi connectivity index (χ0) is 34.4. The summed E-state index contributed by atoms with van der Waals surface area (Å²) in [7, 11) is 1.59. The summed E-state index contributed by atoms with van der Waals surface area (Å²) < 4.78 is 36.2. The lowest BCUT2D eigenvalue weighted by atomic mass is 10.0. The third-order valence-corrected chi connectivity index (χ3v) is 9.09. The fraction of sp³-hybridized carbons (Fsp3) is 0.444. The molecule has 3 aromatic heterocycles. The van der Waals surface area contributed by atoms with Gasteiger partial charge in [-0.3, -0.25) is 19.7 Å². The van der Waals surface area contributed by atoms with Gasteiger partial charge in [0.05, 0.1) is 47.2 Å². The molecule has 0 radical (unpaired) electrons. The second-order valence-corrected chi connectivity index (χ2v) is 13.0. The Bertz CT molecular complexity index is 1660. The van der Waals surface area contributed by atoms with E-state index in [4.69, 9.17) is 29.0 Å². The summed E-state index contributed by atoms with van der Waals surface area (Å²) in [5.74, 6) is -0.0467. The molecule has 1 aliphatic heterocycles. The Labute approximate surface area is 289 Å². The van der Waals surface area contributed by atoms with Gasteiger partial charge in [-0.2, -0.15) is 0 Å². The first-order chi connectivity index (χ1) is 23.9. The van der Waals surface area contributed by atoms with Crippen LogP contribution in [0.1, 0.15) is 30.4 Å². The number of halogens is 1. The van der Waals surface area contributed by atoms with Crippen LogP contribution in [0.5, 0.6) is 11.5 Å². The number of thiophene rings is 1. The van der Waals surface area contributed by atoms with Gasteiger partial charge in [0, 0.05) is 71.1 Å². The zero-order valence-corrected chi connectivity index (χ0v) is 28.5. The van der Waals surface area contributed by atoms with Gasteiger partial charge in [-0.05, 0) is 54.2 Å². The van der Waals surface area contributed by atoms with Crippen molar-refractivity contribution in [3.05, 3.63) is 71.8 Å². The second-order valence-electron chi connectivity index (χ2n) is 12.0. The van der Waals surface area contributed by atoms with Gasteiger partial charge in [0.25, 0.3) is 0 Å². The molecule has 49 heavy (non-hydrogen) atoms. The summed E-state index contributed by atoms with van der Waals surface area (Å²) >= 11 is 1.53. The quantitative estimate of drug-likeness (QED) is 0.139. The highest BCUT2D eigenvalue weighted by atomic mass is 32.1. The number of piperazine rings is 1. The van der Waals surface area contributed by atoms with E-state index in [-0.39, 0.29) is 24.6 Å². The molecule has 2 N–H and O–H groups in total. The molecule has 0 bridgehead atoms. The van der Waals surface area contributed by atoms with Crippen LogP contribution in [-0.4, -0.2) is 98.1 Å². The number of rotatable bonds is 17. The van der Waals surface area contributed by atoms with E-state index in [0.29, 0.717) is 50.1 Å². The third kappa shape index (κ3) is 11.9. The Morgan fingerprint density at radius 2 is 1.76 bits per heavy atom. The maximum atomic E-state index is 14.9. The number of benzene rings is 1. The fourth-order valence-electron chi connectivity index (χ4n) is 5.23. The van der Waals surface area contributed by atoms with E-state index >= 15 is 0 Å². The SMILES string of the molecule is COCCOCCOCC(=O)O.O=C(Cc1ccc(Oc2ccnc3cc(-c4ccc(CN5CCNCC5)cn4)sc23)c(F)c1)CC1CC1. The molecule has 11 nitrogen and oxygen atoms in total. The summed E-state index contributed by atoms with van der Waals surface area (Å²) in [6.45, 7) is 6.53. The minimum atomic E-state index is -0.966. The van der Waals surface area contributed by atoms with Crippen LogP contribution in [0.2, 0.25) is 0 Å². The first kappa shape index (κ1) is 36.4. The molecule has 6 rings (SSSR count). The predicted molar refractivity (Wildman–Crippen MR) is 185 cm³/mol. The van der Waals surface area contributed by atoms with Crippen molar-refractivity contribution in [2.45, 2.75) is 32.2 Å². The highest BCUT2D eigenvalue weighted by Gasteiger charge is 2.24. The van der Waals surface area contributed by atoms with Crippen LogP contribution in [0.15, 0.2) is 54.9 Å². The van der Waals surface area contributed by atoms with Crippen molar-refractivity contribution in [3.8, 4) is 22.1 Å². The molecular weight excluding hydrogens is 651 g/mol. The Balaban J connectivity index is 0.000000335. The number of carbonyl (C=O) groups is 2. The number of nitrogens with zero attached hydrogens (tertiary/aromatic N) is 3. The number of carbonyl (C=O) groups excluding carboxylic acids is 1. The Morgan fingerprint density at radius 3 is 2.47 bits per heavy atom. The highest BCUT2D eigenvalue weighted by Crippen LogP contribution is 2.39. The molecule has 4 aromatic rings. The van der Waals surface area contributed by atoms with Gasteiger partial charge in [0.1, 0.15) is 18.1 Å². The molecule has 0 unspecified atom stereocenters. The minimum absolute atomic E-state index is 0.135. The average molecular weight is 695 g/mol. The summed E-state index contributed by atoms with van der Waals surface area (Å²) in [4.78, 5) is 34.7. The number of pyridine rings is 2. The van der Waals surface area contributed by atoms with Crippen molar-refractivity contribution >= 4 is 33.3 Å². The van der Waals surface area contributed by atoms with Crippen LogP contribution >= 0.6 is 11.3 Å². The normalized spacial score (nSPS) is 14.7. The lowest BCUT2D eigenvalue weighted by Gasteiger charge is -2.27. The molecule has 13 heteroatoms. The number of ether oxygens (including phenoxy) is 4. The lowest BCUT2D eigenvalue weighted by Crippen LogP contribution is -2.42. The number of hydrogen-bond acceptors (Lipinski definition) is 11. The van der Waals surface area contributed by atoms with Gasteiger partial charge in [0.15, 0.2) is 11.6 Å². The standard InChI is InChI=1S/C29H29FN4O2S.C7H14O5/c30-23-15-20(14-22(35)13-19-1-2-19)4-6-26(23)36-27-7-8-32-25-16-28(37-29(25)27)24-5-3-21(17-33-24)18-34-11-9-31-10-12-34;1-10-2-3-11-4-5-12-6-7(8)9/h3-8,15-17,19,31H,1-2,9-14,18H2;2-6H2,1H3,(H,8,9). The fourth-order valence-corrected chi connectivity index (χ4v) is 6.28. The van der Waals surface area contributed by atoms with Crippen molar-refractivity contribution in [1.82, 2.24) is 20.2 Å². The molecule has 0 amide bonds. The van der Waals surface area contributed by atoms with Crippen LogP contribution in [0, 0.1) is 11.7 Å². The van der Waals surface area contributed by atoms with E-state index in [9.17, 15) is 14.0 Å². The van der Waals surface area contributed by atoms with Crippen LogP contribution in [0.25, 0.3) is 20.8 Å². The molecule has 1 aromatic carbocycles. The smallest absolute Gasteiger partial charge is 0.329 e. The highest BCUT2D eigenvalue weighted by molar-refractivity contribution is 7.22. The first-order valence-corrected chi connectivity index (χ1v) is 17.3. The lowest BCUT2D eigenvalue weighted by molar-refractivity contribution is -0.142. The molecule has 262 valence electrons. The molecule has 4 heterocycles. The van der Waals surface area contributed by atoms with Crippen molar-refractivity contribution in [1.29, 1.82) is 0 Å². The predicted octanol–water partition coefficient (Wildman–Crippen LogP) is 5.36. The number of Topliss-reactive ketones (excluding diaryl/α,β-unsaturated/α-hetero) is 1. The number of nitrogens with one attached hydrogen (secondary N) is 1. The molecule has 0 spiro atoms. The molecule has 1 saturated carbocycles. The molecule has 1 saturated heterocycles. The topological polar surface area (TPSA) is 132 Å². The summed E-state index contributed by atoms with van der Waals surface area (Å²) in [6.07, 6.45) is 6.75. The molecular formula is C36H43FN4O7S. The van der Waals surface area contributed by atoms with Crippen molar-refractivity contribution in [3.63, 3.8) is 0 Å². The van der Waals surface area contributed by atoms with E-state index in [1.54, 1.807) is 31.5 Å². The van der Waals surface area contributed by atoms with E-state index in [0.717, 1.165) is 66.4 Å². The van der Waals surface area contributed by atoms with Gasteiger partial charge < -0.3 is 29.4 Å². The van der Waals surface area contributed by atoms with E-state index in [1.807, 2.05) is 18.3 Å². The Morgan fingerprint density at radius 1 is 0.980 bits per heavy atom. The van der Waals surface area contributed by atoms with Gasteiger partial charge in [-0.15, -0.1) is 11.3 Å². The van der Waals surface area contributed by atoms with Crippen LogP contribution in [0.4, 0.5) is 4.39 Å². The van der Waals surface area contributed by atoms with Crippen molar-refractivity contribution in [2.75, 3.05) is 66.3 Å². The number of hydrogen-bond donors (Lipinski definition) is 2. The summed E-state index contributed by atoms with van der Waals surface area (Å²) in [5, 5.41) is 11.5. The Kier molecular flexibility index (Phi) is 14.0. The second kappa shape index (κ2) is 18.8. The van der Waals surface area contributed by atoms with Crippen molar-refractivity contribution in [2.24, 2.45) is 5.92 Å². The summed E-state index contributed by atoms with van der Waals surface area (Å²) in [6, 6.07) is 12.7. The number of aromatic nitrogens is 2. The number of methoxy groups -OCH3 is 1. The van der Waals surface area contributed by atoms with Crippen LogP contribution < -0.4 is 10.1 Å². The third-order valence-electron chi connectivity index (χ3n) is 7.93. The van der Waals surface area contributed by atoms with Crippen molar-refractivity contribution < 1.29 is 38.0 Å². The maximum Gasteiger partial charge on any atom is 0.329 e. The monoisotopic (exact) mass is 694 g/mol. The number of fused-ring (bicyclic) bond motifs is 1. The minimum Gasteiger partial charge on any atom is -0.480 e. The number of carboxylic acid groups (broad SMARTS) is 1. The first-order valence-electron chi connectivity index (χ1n) is 16.5. The van der Waals surface area contributed by atoms with E-state index < -0.39 is 11.8 Å². The van der Waals surface area contributed by atoms with E-state index in [2.05, 4.69) is 21.3 Å². The van der Waals surface area contributed by atoms with Gasteiger partial charge in [-0.1, -0.05) is 12.1 Å². The summed E-state index contributed by atoms with van der Waals surface area (Å²) in [5.41, 5.74) is 3.54. The maximum absolute atomic E-state index is 14.9. The zero-order valence-electron chi connectivity index (χ0n) is 27.7. The number of carboxylic acids is 1. The molecule has 1 aliphatic carbocycles. The molecule has 0 atom stereocenters. The molecule has 2 aliphatic rings. The van der Waals surface area contributed by atoms with Crippen LogP contribution in [-0.2, 0) is 36.8 Å². The molecule has 2 fully saturated rings. The Hall–Kier alpha value is -3.85. The number of aliphatic carboxylic acids is 1. The van der Waals surface area contributed by atoms with Gasteiger partial charge in [0.2, 0.25) is 0 Å². The largest absolute Gasteiger partial charge is 0.480 e.